The molecule has 36 heavy (non-hydrogen) atoms. The molecule has 1 fully saturated rings. The van der Waals surface area contributed by atoms with Crippen molar-refractivity contribution in [1.82, 2.24) is 18.8 Å². The SMILES string of the molecule is CS(=O)(=O)N1CCN(Cc2ccc3c(c2)CC[C@H](n2cnc4cc(-c5cccs5)sc4c2=O)C3)CC1. The molecule has 0 N–H and O–H groups in total. The summed E-state index contributed by atoms with van der Waals surface area (Å²) in [5.41, 5.74) is 4.76. The van der Waals surface area contributed by atoms with E-state index >= 15 is 0 Å². The Morgan fingerprint density at radius 2 is 1.89 bits per heavy atom. The Kier molecular flexibility index (Phi) is 6.33. The predicted molar refractivity (Wildman–Crippen MR) is 146 cm³/mol. The van der Waals surface area contributed by atoms with Crippen LogP contribution in [-0.2, 0) is 29.4 Å². The number of benzene rings is 1. The molecule has 0 unspecified atom stereocenters. The molecule has 0 bridgehead atoms. The number of nitrogens with zero attached hydrogens (tertiary/aromatic N) is 4. The largest absolute Gasteiger partial charge is 0.296 e. The smallest absolute Gasteiger partial charge is 0.271 e. The lowest BCUT2D eigenvalue weighted by atomic mass is 9.87. The van der Waals surface area contributed by atoms with Gasteiger partial charge in [0.1, 0.15) is 4.70 Å². The highest BCUT2D eigenvalue weighted by atomic mass is 32.2. The number of aryl methyl sites for hydroxylation is 1. The Morgan fingerprint density at radius 1 is 1.06 bits per heavy atom. The van der Waals surface area contributed by atoms with E-state index in [0.717, 1.165) is 54.0 Å². The summed E-state index contributed by atoms with van der Waals surface area (Å²) in [5.74, 6) is 0. The standard InChI is InChI=1S/C26H28N4O3S3/c1-36(32,33)29-10-8-28(9-11-29)16-18-4-5-20-14-21(7-6-19(20)13-18)30-17-27-22-15-24(23-3-2-12-34-23)35-25(22)26(30)31/h2-5,12-13,15,17,21H,6-11,14,16H2,1H3/t21-/m0/s1. The lowest BCUT2D eigenvalue weighted by molar-refractivity contribution is 0.182. The van der Waals surface area contributed by atoms with Crippen LogP contribution in [-0.4, -0.2) is 59.6 Å². The number of hydrogen-bond acceptors (Lipinski definition) is 7. The van der Waals surface area contributed by atoms with Crippen molar-refractivity contribution in [2.45, 2.75) is 31.8 Å². The first-order valence-electron chi connectivity index (χ1n) is 12.2. The van der Waals surface area contributed by atoms with Gasteiger partial charge in [-0.2, -0.15) is 4.31 Å². The Labute approximate surface area is 218 Å². The first kappa shape index (κ1) is 24.0. The van der Waals surface area contributed by atoms with Crippen LogP contribution in [0.5, 0.6) is 0 Å². The third-order valence-electron chi connectivity index (χ3n) is 7.30. The third kappa shape index (κ3) is 4.68. The molecule has 0 amide bonds. The Balaban J connectivity index is 1.16. The summed E-state index contributed by atoms with van der Waals surface area (Å²) in [6.45, 7) is 3.44. The number of fused-ring (bicyclic) bond motifs is 2. The molecule has 1 atom stereocenters. The van der Waals surface area contributed by atoms with E-state index in [0.29, 0.717) is 13.1 Å². The van der Waals surface area contributed by atoms with E-state index in [-0.39, 0.29) is 11.6 Å². The molecular formula is C26H28N4O3S3. The van der Waals surface area contributed by atoms with Crippen molar-refractivity contribution in [3.8, 4) is 9.75 Å². The molecule has 0 saturated carbocycles. The average molecular weight is 541 g/mol. The molecule has 7 nitrogen and oxygen atoms in total. The van der Waals surface area contributed by atoms with Crippen molar-refractivity contribution >= 4 is 42.9 Å². The fraction of sp³-hybridized carbons (Fsp3) is 0.385. The van der Waals surface area contributed by atoms with Crippen LogP contribution in [0.2, 0.25) is 0 Å². The molecule has 1 aliphatic carbocycles. The molecular weight excluding hydrogens is 513 g/mol. The van der Waals surface area contributed by atoms with Gasteiger partial charge in [-0.3, -0.25) is 14.3 Å². The Hall–Kier alpha value is -2.37. The maximum absolute atomic E-state index is 13.4. The summed E-state index contributed by atoms with van der Waals surface area (Å²) in [6.07, 6.45) is 5.70. The number of thiophene rings is 2. The minimum absolute atomic E-state index is 0.0612. The van der Waals surface area contributed by atoms with E-state index in [2.05, 4.69) is 39.5 Å². The van der Waals surface area contributed by atoms with Crippen molar-refractivity contribution in [3.05, 3.63) is 75.1 Å². The first-order valence-corrected chi connectivity index (χ1v) is 15.7. The van der Waals surface area contributed by atoms with Gasteiger partial charge in [0.25, 0.3) is 5.56 Å². The first-order chi connectivity index (χ1) is 17.3. The molecule has 1 aromatic carbocycles. The highest BCUT2D eigenvalue weighted by Crippen LogP contribution is 2.34. The summed E-state index contributed by atoms with van der Waals surface area (Å²) in [6, 6.07) is 12.9. The van der Waals surface area contributed by atoms with Gasteiger partial charge in [0.15, 0.2) is 0 Å². The maximum atomic E-state index is 13.4. The van der Waals surface area contributed by atoms with Crippen LogP contribution in [0.3, 0.4) is 0 Å². The van der Waals surface area contributed by atoms with Gasteiger partial charge in [0.05, 0.1) is 18.1 Å². The van der Waals surface area contributed by atoms with Crippen LogP contribution in [0.4, 0.5) is 0 Å². The molecule has 1 saturated heterocycles. The van der Waals surface area contributed by atoms with Gasteiger partial charge in [-0.15, -0.1) is 22.7 Å². The van der Waals surface area contributed by atoms with Crippen LogP contribution < -0.4 is 5.56 Å². The van der Waals surface area contributed by atoms with E-state index in [4.69, 9.17) is 0 Å². The summed E-state index contributed by atoms with van der Waals surface area (Å²) >= 11 is 3.22. The van der Waals surface area contributed by atoms with Gasteiger partial charge in [0.2, 0.25) is 10.0 Å². The molecule has 3 aromatic heterocycles. The van der Waals surface area contributed by atoms with E-state index < -0.39 is 10.0 Å². The summed E-state index contributed by atoms with van der Waals surface area (Å²) in [7, 11) is -3.11. The van der Waals surface area contributed by atoms with Gasteiger partial charge in [0, 0.05) is 48.5 Å². The van der Waals surface area contributed by atoms with E-state index in [1.54, 1.807) is 22.0 Å². The predicted octanol–water partition coefficient (Wildman–Crippen LogP) is 3.99. The number of hydrogen-bond donors (Lipinski definition) is 0. The molecule has 0 radical (unpaired) electrons. The topological polar surface area (TPSA) is 75.5 Å². The van der Waals surface area contributed by atoms with Gasteiger partial charge >= 0.3 is 0 Å². The average Bonchev–Trinajstić information content (AvgIpc) is 3.54. The second kappa shape index (κ2) is 9.50. The second-order valence-electron chi connectivity index (χ2n) is 9.70. The molecule has 0 spiro atoms. The van der Waals surface area contributed by atoms with E-state index in [1.165, 1.54) is 39.2 Å². The third-order valence-corrected chi connectivity index (χ3v) is 10.8. The van der Waals surface area contributed by atoms with Crippen LogP contribution in [0.25, 0.3) is 20.0 Å². The summed E-state index contributed by atoms with van der Waals surface area (Å²) < 4.78 is 27.7. The molecule has 188 valence electrons. The fourth-order valence-electron chi connectivity index (χ4n) is 5.33. The zero-order valence-corrected chi connectivity index (χ0v) is 22.5. The van der Waals surface area contributed by atoms with Crippen LogP contribution in [0.1, 0.15) is 29.2 Å². The van der Waals surface area contributed by atoms with Gasteiger partial charge in [-0.25, -0.2) is 13.4 Å². The van der Waals surface area contributed by atoms with Crippen molar-refractivity contribution in [2.75, 3.05) is 32.4 Å². The summed E-state index contributed by atoms with van der Waals surface area (Å²) in [4.78, 5) is 22.6. The second-order valence-corrected chi connectivity index (χ2v) is 13.7. The normalized spacial score (nSPS) is 19.5. The molecule has 2 aliphatic rings. The zero-order valence-electron chi connectivity index (χ0n) is 20.1. The Bertz CT molecular complexity index is 1570. The highest BCUT2D eigenvalue weighted by Gasteiger charge is 2.25. The molecule has 4 heterocycles. The van der Waals surface area contributed by atoms with E-state index in [1.807, 2.05) is 16.7 Å². The summed E-state index contributed by atoms with van der Waals surface area (Å²) in [5, 5.41) is 2.05. The lowest BCUT2D eigenvalue weighted by Crippen LogP contribution is -2.47. The number of sulfonamides is 1. The minimum atomic E-state index is -3.11. The molecule has 4 aromatic rings. The number of rotatable bonds is 5. The lowest BCUT2D eigenvalue weighted by Gasteiger charge is -2.33. The molecule has 10 heteroatoms. The van der Waals surface area contributed by atoms with Crippen LogP contribution >= 0.6 is 22.7 Å². The quantitative estimate of drug-likeness (QED) is 0.383. The monoisotopic (exact) mass is 540 g/mol. The van der Waals surface area contributed by atoms with Crippen LogP contribution in [0, 0.1) is 0 Å². The Morgan fingerprint density at radius 3 is 2.64 bits per heavy atom. The van der Waals surface area contributed by atoms with E-state index in [9.17, 15) is 13.2 Å². The van der Waals surface area contributed by atoms with Gasteiger partial charge in [-0.05, 0) is 53.5 Å². The van der Waals surface area contributed by atoms with Crippen molar-refractivity contribution in [2.24, 2.45) is 0 Å². The number of piperazine rings is 1. The molecule has 6 rings (SSSR count). The van der Waals surface area contributed by atoms with Gasteiger partial charge in [-0.1, -0.05) is 24.3 Å². The van der Waals surface area contributed by atoms with Crippen molar-refractivity contribution in [3.63, 3.8) is 0 Å². The molecule has 1 aliphatic heterocycles. The highest BCUT2D eigenvalue weighted by molar-refractivity contribution is 7.88. The maximum Gasteiger partial charge on any atom is 0.271 e. The van der Waals surface area contributed by atoms with Crippen molar-refractivity contribution in [1.29, 1.82) is 0 Å². The fourth-order valence-corrected chi connectivity index (χ4v) is 8.03. The van der Waals surface area contributed by atoms with Crippen LogP contribution in [0.15, 0.2) is 52.9 Å². The zero-order chi connectivity index (χ0) is 24.9. The minimum Gasteiger partial charge on any atom is -0.296 e. The number of aromatic nitrogens is 2. The van der Waals surface area contributed by atoms with Crippen molar-refractivity contribution < 1.29 is 8.42 Å². The van der Waals surface area contributed by atoms with Gasteiger partial charge < -0.3 is 0 Å².